The lowest BCUT2D eigenvalue weighted by Gasteiger charge is -2.35. The molecular weight excluding hydrogens is 318 g/mol. The van der Waals surface area contributed by atoms with Crippen molar-refractivity contribution >= 4 is 23.2 Å². The molecule has 0 unspecified atom stereocenters. The SMILES string of the molecule is CC(=O)NCC(=O)Nc1ccc2c(c1)C1(CCOCC1)CN2C(C)C. The summed E-state index contributed by atoms with van der Waals surface area (Å²) in [5, 5.41) is 5.41. The number of hydrogen-bond donors (Lipinski definition) is 2. The molecule has 2 amide bonds. The molecule has 0 saturated carbocycles. The normalized spacial score (nSPS) is 18.3. The number of ether oxygens (including phenoxy) is 1. The second-order valence-corrected chi connectivity index (χ2v) is 7.30. The Morgan fingerprint density at radius 2 is 2.00 bits per heavy atom. The predicted octanol–water partition coefficient (Wildman–Crippen LogP) is 2.04. The van der Waals surface area contributed by atoms with Gasteiger partial charge in [0.2, 0.25) is 11.8 Å². The van der Waals surface area contributed by atoms with E-state index < -0.39 is 0 Å². The Kier molecular flexibility index (Phi) is 4.99. The molecule has 2 N–H and O–H groups in total. The Morgan fingerprint density at radius 1 is 1.28 bits per heavy atom. The fourth-order valence-corrected chi connectivity index (χ4v) is 3.85. The van der Waals surface area contributed by atoms with E-state index in [9.17, 15) is 9.59 Å². The van der Waals surface area contributed by atoms with Crippen LogP contribution < -0.4 is 15.5 Å². The fourth-order valence-electron chi connectivity index (χ4n) is 3.85. The molecule has 2 aliphatic heterocycles. The smallest absolute Gasteiger partial charge is 0.243 e. The van der Waals surface area contributed by atoms with Gasteiger partial charge in [-0.25, -0.2) is 0 Å². The van der Waals surface area contributed by atoms with Crippen LogP contribution in [0.15, 0.2) is 18.2 Å². The maximum Gasteiger partial charge on any atom is 0.243 e. The van der Waals surface area contributed by atoms with E-state index in [0.717, 1.165) is 38.3 Å². The molecule has 0 aromatic heterocycles. The number of nitrogens with zero attached hydrogens (tertiary/aromatic N) is 1. The molecule has 25 heavy (non-hydrogen) atoms. The highest BCUT2D eigenvalue weighted by Gasteiger charge is 2.44. The minimum Gasteiger partial charge on any atom is -0.381 e. The van der Waals surface area contributed by atoms with E-state index >= 15 is 0 Å². The molecule has 2 heterocycles. The van der Waals surface area contributed by atoms with Crippen molar-refractivity contribution in [2.45, 2.75) is 45.1 Å². The molecule has 1 spiro atoms. The topological polar surface area (TPSA) is 70.7 Å². The van der Waals surface area contributed by atoms with Crippen molar-refractivity contribution in [1.29, 1.82) is 0 Å². The second-order valence-electron chi connectivity index (χ2n) is 7.30. The van der Waals surface area contributed by atoms with Crippen LogP contribution >= 0.6 is 0 Å². The molecule has 6 nitrogen and oxygen atoms in total. The number of fused-ring (bicyclic) bond motifs is 2. The molecule has 0 aliphatic carbocycles. The van der Waals surface area contributed by atoms with Gasteiger partial charge in [0, 0.05) is 49.5 Å². The standard InChI is InChI=1S/C19H27N3O3/c1-13(2)22-12-19(6-8-25-9-7-19)16-10-15(4-5-17(16)22)21-18(24)11-20-14(3)23/h4-5,10,13H,6-9,11-12H2,1-3H3,(H,20,23)(H,21,24). The lowest BCUT2D eigenvalue weighted by Crippen LogP contribution is -2.40. The number of rotatable bonds is 4. The van der Waals surface area contributed by atoms with Gasteiger partial charge < -0.3 is 20.3 Å². The highest BCUT2D eigenvalue weighted by atomic mass is 16.5. The van der Waals surface area contributed by atoms with E-state index in [1.54, 1.807) is 0 Å². The van der Waals surface area contributed by atoms with Crippen molar-refractivity contribution in [3.8, 4) is 0 Å². The fraction of sp³-hybridized carbons (Fsp3) is 0.579. The zero-order valence-electron chi connectivity index (χ0n) is 15.2. The minimum absolute atomic E-state index is 0.0104. The minimum atomic E-state index is -0.213. The molecule has 3 rings (SSSR count). The van der Waals surface area contributed by atoms with Gasteiger partial charge in [0.25, 0.3) is 0 Å². The van der Waals surface area contributed by atoms with E-state index in [1.807, 2.05) is 6.07 Å². The van der Waals surface area contributed by atoms with Crippen molar-refractivity contribution in [2.24, 2.45) is 0 Å². The summed E-state index contributed by atoms with van der Waals surface area (Å²) >= 11 is 0. The third kappa shape index (κ3) is 3.63. The van der Waals surface area contributed by atoms with E-state index in [4.69, 9.17) is 4.74 Å². The first-order valence-electron chi connectivity index (χ1n) is 8.94. The van der Waals surface area contributed by atoms with Crippen LogP contribution in [0.5, 0.6) is 0 Å². The van der Waals surface area contributed by atoms with Gasteiger partial charge >= 0.3 is 0 Å². The summed E-state index contributed by atoms with van der Waals surface area (Å²) in [6.07, 6.45) is 2.01. The summed E-state index contributed by atoms with van der Waals surface area (Å²) in [4.78, 5) is 25.4. The largest absolute Gasteiger partial charge is 0.381 e. The van der Waals surface area contributed by atoms with E-state index in [0.29, 0.717) is 6.04 Å². The van der Waals surface area contributed by atoms with Crippen molar-refractivity contribution in [3.05, 3.63) is 23.8 Å². The number of hydrogen-bond acceptors (Lipinski definition) is 4. The first-order valence-corrected chi connectivity index (χ1v) is 8.94. The van der Waals surface area contributed by atoms with Crippen LogP contribution in [0.4, 0.5) is 11.4 Å². The first kappa shape index (κ1) is 17.7. The van der Waals surface area contributed by atoms with Crippen LogP contribution in [0, 0.1) is 0 Å². The number of carbonyl (C=O) groups excluding carboxylic acids is 2. The number of anilines is 2. The van der Waals surface area contributed by atoms with Crippen LogP contribution in [0.3, 0.4) is 0 Å². The van der Waals surface area contributed by atoms with Crippen LogP contribution in [-0.4, -0.2) is 44.2 Å². The quantitative estimate of drug-likeness (QED) is 0.876. The van der Waals surface area contributed by atoms with Gasteiger partial charge in [0.15, 0.2) is 0 Å². The van der Waals surface area contributed by atoms with Gasteiger partial charge in [-0.3, -0.25) is 9.59 Å². The Labute approximate surface area is 148 Å². The molecule has 0 atom stereocenters. The van der Waals surface area contributed by atoms with Crippen LogP contribution in [0.1, 0.15) is 39.2 Å². The Balaban J connectivity index is 1.84. The van der Waals surface area contributed by atoms with Gasteiger partial charge in [-0.05, 0) is 50.5 Å². The molecule has 136 valence electrons. The maximum absolute atomic E-state index is 12.0. The Hall–Kier alpha value is -2.08. The molecule has 0 radical (unpaired) electrons. The van der Waals surface area contributed by atoms with Gasteiger partial charge in [0.05, 0.1) is 6.54 Å². The lowest BCUT2D eigenvalue weighted by atomic mass is 9.76. The Morgan fingerprint density at radius 3 is 2.64 bits per heavy atom. The van der Waals surface area contributed by atoms with Gasteiger partial charge in [-0.1, -0.05) is 0 Å². The summed E-state index contributed by atoms with van der Waals surface area (Å²) < 4.78 is 5.59. The zero-order chi connectivity index (χ0) is 18.0. The molecule has 1 saturated heterocycles. The lowest BCUT2D eigenvalue weighted by molar-refractivity contribution is -0.122. The Bertz CT molecular complexity index is 666. The summed E-state index contributed by atoms with van der Waals surface area (Å²) in [5.74, 6) is -0.423. The monoisotopic (exact) mass is 345 g/mol. The average Bonchev–Trinajstić information content (AvgIpc) is 2.88. The van der Waals surface area contributed by atoms with Gasteiger partial charge in [-0.2, -0.15) is 0 Å². The number of amides is 2. The molecule has 1 aromatic carbocycles. The van der Waals surface area contributed by atoms with Gasteiger partial charge in [-0.15, -0.1) is 0 Å². The second kappa shape index (κ2) is 7.04. The highest BCUT2D eigenvalue weighted by Crippen LogP contribution is 2.48. The summed E-state index contributed by atoms with van der Waals surface area (Å²) in [7, 11) is 0. The first-order chi connectivity index (χ1) is 11.9. The van der Waals surface area contributed by atoms with E-state index in [1.165, 1.54) is 18.2 Å². The summed E-state index contributed by atoms with van der Waals surface area (Å²) in [6, 6.07) is 6.58. The third-order valence-corrected chi connectivity index (χ3v) is 5.21. The van der Waals surface area contributed by atoms with Crippen molar-refractivity contribution < 1.29 is 14.3 Å². The molecule has 1 fully saturated rings. The molecule has 2 aliphatic rings. The number of nitrogens with one attached hydrogen (secondary N) is 2. The maximum atomic E-state index is 12.0. The molecule has 1 aromatic rings. The van der Waals surface area contributed by atoms with Crippen molar-refractivity contribution in [2.75, 3.05) is 36.5 Å². The summed E-state index contributed by atoms with van der Waals surface area (Å²) in [6.45, 7) is 8.39. The number of carbonyl (C=O) groups is 2. The van der Waals surface area contributed by atoms with E-state index in [-0.39, 0.29) is 23.8 Å². The van der Waals surface area contributed by atoms with Gasteiger partial charge in [0.1, 0.15) is 0 Å². The molecule has 6 heteroatoms. The van der Waals surface area contributed by atoms with Crippen LogP contribution in [0.25, 0.3) is 0 Å². The van der Waals surface area contributed by atoms with Crippen LogP contribution in [-0.2, 0) is 19.7 Å². The van der Waals surface area contributed by atoms with Crippen molar-refractivity contribution in [3.63, 3.8) is 0 Å². The average molecular weight is 345 g/mol. The highest BCUT2D eigenvalue weighted by molar-refractivity contribution is 5.94. The summed E-state index contributed by atoms with van der Waals surface area (Å²) in [5.41, 5.74) is 3.46. The molecular formula is C19H27N3O3. The zero-order valence-corrected chi connectivity index (χ0v) is 15.2. The molecule has 0 bridgehead atoms. The predicted molar refractivity (Wildman–Crippen MR) is 98.0 cm³/mol. The number of benzene rings is 1. The van der Waals surface area contributed by atoms with Crippen molar-refractivity contribution in [1.82, 2.24) is 5.32 Å². The van der Waals surface area contributed by atoms with E-state index in [2.05, 4.69) is 41.5 Å². The van der Waals surface area contributed by atoms with Crippen LogP contribution in [0.2, 0.25) is 0 Å². The third-order valence-electron chi connectivity index (χ3n) is 5.21.